The molecule has 1 aromatic heterocycles. The number of fused-ring (bicyclic) bond motifs is 2. The molecule has 176 valence electrons. The fourth-order valence-corrected chi connectivity index (χ4v) is 5.61. The lowest BCUT2D eigenvalue weighted by molar-refractivity contribution is -0.159. The molecule has 3 fully saturated rings. The summed E-state index contributed by atoms with van der Waals surface area (Å²) in [6.45, 7) is 3.89. The van der Waals surface area contributed by atoms with Gasteiger partial charge in [-0.3, -0.25) is 19.3 Å². The van der Waals surface area contributed by atoms with Gasteiger partial charge in [-0.05, 0) is 50.3 Å². The molecular weight excluding hydrogens is 425 g/mol. The van der Waals surface area contributed by atoms with E-state index in [1.54, 1.807) is 24.1 Å². The summed E-state index contributed by atoms with van der Waals surface area (Å²) in [7, 11) is 1.68. The van der Waals surface area contributed by atoms with Gasteiger partial charge in [-0.25, -0.2) is 4.39 Å². The Morgan fingerprint density at radius 3 is 2.82 bits per heavy atom. The molecule has 3 heterocycles. The summed E-state index contributed by atoms with van der Waals surface area (Å²) < 4.78 is 14.1. The molecule has 1 saturated carbocycles. The highest BCUT2D eigenvalue weighted by Gasteiger charge is 2.43. The average molecular weight is 456 g/mol. The van der Waals surface area contributed by atoms with E-state index in [2.05, 4.69) is 15.2 Å². The van der Waals surface area contributed by atoms with Crippen molar-refractivity contribution < 1.29 is 18.8 Å². The van der Waals surface area contributed by atoms with Crippen molar-refractivity contribution in [1.29, 1.82) is 0 Å². The largest absolute Gasteiger partial charge is 0.350 e. The number of rotatable bonds is 3. The Balaban J connectivity index is 1.24. The number of aryl methyl sites for hydroxylation is 1. The second-order valence-electron chi connectivity index (χ2n) is 9.62. The van der Waals surface area contributed by atoms with Crippen molar-refractivity contribution >= 4 is 28.6 Å². The number of benzene rings is 1. The van der Waals surface area contributed by atoms with Crippen LogP contribution in [0.1, 0.15) is 41.7 Å². The Kier molecular flexibility index (Phi) is 5.60. The van der Waals surface area contributed by atoms with Crippen molar-refractivity contribution in [2.24, 2.45) is 0 Å². The number of carbonyl (C=O) groups is 3. The van der Waals surface area contributed by atoms with Gasteiger partial charge < -0.3 is 20.1 Å². The molecule has 2 saturated heterocycles. The number of hydrogen-bond donors (Lipinski definition) is 2. The van der Waals surface area contributed by atoms with Crippen LogP contribution in [0.15, 0.2) is 18.2 Å². The van der Waals surface area contributed by atoms with Crippen LogP contribution in [0.4, 0.5) is 4.39 Å². The van der Waals surface area contributed by atoms with E-state index >= 15 is 0 Å². The summed E-state index contributed by atoms with van der Waals surface area (Å²) in [6.07, 6.45) is 3.67. The fourth-order valence-electron chi connectivity index (χ4n) is 5.61. The predicted molar refractivity (Wildman–Crippen MR) is 121 cm³/mol. The maximum Gasteiger partial charge on any atom is 0.267 e. The maximum absolute atomic E-state index is 14.1. The fraction of sp³-hybridized carbons (Fsp3) is 0.542. The molecule has 0 bridgehead atoms. The van der Waals surface area contributed by atoms with Gasteiger partial charge >= 0.3 is 0 Å². The quantitative estimate of drug-likeness (QED) is 0.737. The molecule has 3 atom stereocenters. The third-order valence-corrected chi connectivity index (χ3v) is 7.46. The minimum absolute atomic E-state index is 0.00120. The number of piperazine rings is 2. The van der Waals surface area contributed by atoms with Gasteiger partial charge in [-0.15, -0.1) is 0 Å². The molecule has 9 heteroatoms. The van der Waals surface area contributed by atoms with E-state index in [0.717, 1.165) is 37.8 Å². The summed E-state index contributed by atoms with van der Waals surface area (Å²) in [5, 5.41) is 3.55. The number of halogens is 1. The summed E-state index contributed by atoms with van der Waals surface area (Å²) in [5.41, 5.74) is 1.91. The highest BCUT2D eigenvalue weighted by molar-refractivity contribution is 5.99. The van der Waals surface area contributed by atoms with Crippen molar-refractivity contribution in [2.45, 2.75) is 50.7 Å². The van der Waals surface area contributed by atoms with Crippen LogP contribution in [0.2, 0.25) is 0 Å². The summed E-state index contributed by atoms with van der Waals surface area (Å²) in [4.78, 5) is 46.5. The Morgan fingerprint density at radius 2 is 2.03 bits per heavy atom. The Hall–Kier alpha value is -2.94. The molecule has 0 unspecified atom stereocenters. The zero-order valence-corrected chi connectivity index (χ0v) is 19.1. The van der Waals surface area contributed by atoms with Crippen molar-refractivity contribution in [2.75, 3.05) is 33.2 Å². The number of carbonyl (C=O) groups excluding carboxylic acids is 3. The zero-order valence-electron chi connectivity index (χ0n) is 19.1. The molecule has 3 aliphatic rings. The van der Waals surface area contributed by atoms with Crippen LogP contribution >= 0.6 is 0 Å². The number of likely N-dealkylation sites (N-methyl/N-ethyl adjacent to an activating group) is 1. The predicted octanol–water partition coefficient (Wildman–Crippen LogP) is 1.64. The van der Waals surface area contributed by atoms with Crippen LogP contribution < -0.4 is 5.32 Å². The number of hydrogen-bond acceptors (Lipinski definition) is 4. The monoisotopic (exact) mass is 455 g/mol. The Morgan fingerprint density at radius 1 is 1.21 bits per heavy atom. The zero-order chi connectivity index (χ0) is 23.3. The number of aromatic amines is 1. The first-order valence-corrected chi connectivity index (χ1v) is 11.7. The van der Waals surface area contributed by atoms with Crippen molar-refractivity contribution in [3.05, 3.63) is 35.3 Å². The number of nitrogens with one attached hydrogen (secondary N) is 2. The van der Waals surface area contributed by atoms with Crippen LogP contribution in [0.25, 0.3) is 10.9 Å². The molecule has 2 aliphatic heterocycles. The van der Waals surface area contributed by atoms with Crippen LogP contribution in [-0.4, -0.2) is 88.8 Å². The van der Waals surface area contributed by atoms with Gasteiger partial charge in [-0.1, -0.05) is 6.07 Å². The van der Waals surface area contributed by atoms with Crippen LogP contribution in [0, 0.1) is 12.7 Å². The highest BCUT2D eigenvalue weighted by atomic mass is 19.1. The minimum Gasteiger partial charge on any atom is -0.350 e. The number of aromatic nitrogens is 1. The molecular formula is C24H30FN5O3. The van der Waals surface area contributed by atoms with Crippen LogP contribution in [0.5, 0.6) is 0 Å². The van der Waals surface area contributed by atoms with E-state index in [1.165, 1.54) is 11.0 Å². The number of amides is 3. The first-order chi connectivity index (χ1) is 15.8. The smallest absolute Gasteiger partial charge is 0.267 e. The highest BCUT2D eigenvalue weighted by Crippen LogP contribution is 2.28. The van der Waals surface area contributed by atoms with Crippen LogP contribution in [0.3, 0.4) is 0 Å². The molecule has 3 amide bonds. The minimum atomic E-state index is -0.413. The van der Waals surface area contributed by atoms with E-state index in [0.29, 0.717) is 29.7 Å². The van der Waals surface area contributed by atoms with Gasteiger partial charge in [0.1, 0.15) is 17.6 Å². The summed E-state index contributed by atoms with van der Waals surface area (Å²) in [6, 6.07) is 4.55. The molecule has 5 rings (SSSR count). The molecule has 33 heavy (non-hydrogen) atoms. The normalized spacial score (nSPS) is 26.6. The van der Waals surface area contributed by atoms with E-state index in [-0.39, 0.29) is 42.2 Å². The van der Waals surface area contributed by atoms with Gasteiger partial charge in [0.2, 0.25) is 11.8 Å². The third-order valence-electron chi connectivity index (χ3n) is 7.46. The molecule has 0 radical (unpaired) electrons. The summed E-state index contributed by atoms with van der Waals surface area (Å²) in [5.74, 6) is -0.554. The maximum atomic E-state index is 14.1. The Bertz CT molecular complexity index is 1080. The molecule has 1 aliphatic carbocycles. The summed E-state index contributed by atoms with van der Waals surface area (Å²) >= 11 is 0. The van der Waals surface area contributed by atoms with Gasteiger partial charge in [-0.2, -0.15) is 0 Å². The van der Waals surface area contributed by atoms with E-state index in [1.807, 2.05) is 6.92 Å². The Labute approximate surface area is 192 Å². The van der Waals surface area contributed by atoms with E-state index in [9.17, 15) is 18.8 Å². The SMILES string of the molecule is Cc1ccc(F)c2cc(C(=O)N[C@@H]3CCC[C@@H](N4CCN5C(=O)CN(C)C(=O)[C@H]5C4)C3)[nH]c12. The lowest BCUT2D eigenvalue weighted by atomic mass is 9.88. The number of nitrogens with zero attached hydrogens (tertiary/aromatic N) is 3. The third kappa shape index (κ3) is 3.99. The topological polar surface area (TPSA) is 88.8 Å². The second-order valence-corrected chi connectivity index (χ2v) is 9.62. The standard InChI is InChI=1S/C24H30FN5O3/c1-14-6-7-18(25)17-11-19(27-22(14)17)23(32)26-15-4-3-5-16(10-15)29-8-9-30-20(12-29)24(33)28(2)13-21(30)31/h6-7,11,15-16,20,27H,3-5,8-10,12-13H2,1-2H3,(H,26,32)/t15-,16-,20-/m1/s1. The lowest BCUT2D eigenvalue weighted by Gasteiger charge is -2.48. The average Bonchev–Trinajstić information content (AvgIpc) is 3.27. The first-order valence-electron chi connectivity index (χ1n) is 11.7. The van der Waals surface area contributed by atoms with Crippen LogP contribution in [-0.2, 0) is 9.59 Å². The van der Waals surface area contributed by atoms with Crippen molar-refractivity contribution in [1.82, 2.24) is 25.0 Å². The molecule has 1 aromatic carbocycles. The van der Waals surface area contributed by atoms with Gasteiger partial charge in [0.15, 0.2) is 0 Å². The van der Waals surface area contributed by atoms with E-state index in [4.69, 9.17) is 0 Å². The molecule has 2 aromatic rings. The second kappa shape index (κ2) is 8.44. The van der Waals surface area contributed by atoms with Gasteiger partial charge in [0, 0.05) is 44.2 Å². The lowest BCUT2D eigenvalue weighted by Crippen LogP contribution is -2.67. The molecule has 8 nitrogen and oxygen atoms in total. The molecule has 0 spiro atoms. The number of H-pyrrole nitrogens is 1. The molecule has 2 N–H and O–H groups in total. The van der Waals surface area contributed by atoms with Gasteiger partial charge in [0.05, 0.1) is 12.1 Å². The van der Waals surface area contributed by atoms with E-state index < -0.39 is 6.04 Å². The van der Waals surface area contributed by atoms with Crippen molar-refractivity contribution in [3.8, 4) is 0 Å². The van der Waals surface area contributed by atoms with Crippen molar-refractivity contribution in [3.63, 3.8) is 0 Å². The first kappa shape index (κ1) is 21.9. The van der Waals surface area contributed by atoms with Gasteiger partial charge in [0.25, 0.3) is 5.91 Å².